The number of carbonyl (C=O) groups excluding carboxylic acids is 1. The first-order valence-corrected chi connectivity index (χ1v) is 10.7. The number of methoxy groups -OCH3 is 1. The van der Waals surface area contributed by atoms with E-state index in [-0.39, 0.29) is 26.4 Å². The molecule has 0 saturated carbocycles. The monoisotopic (exact) mass is 466 g/mol. The van der Waals surface area contributed by atoms with Gasteiger partial charge < -0.3 is 14.5 Å². The van der Waals surface area contributed by atoms with E-state index in [0.29, 0.717) is 11.4 Å². The van der Waals surface area contributed by atoms with Crippen LogP contribution >= 0.6 is 23.2 Å². The Hall–Kier alpha value is -2.94. The summed E-state index contributed by atoms with van der Waals surface area (Å²) in [5.74, 6) is 0.368. The lowest BCUT2D eigenvalue weighted by molar-refractivity contribution is -0.111. The van der Waals surface area contributed by atoms with Crippen LogP contribution in [0.3, 0.4) is 0 Å². The Morgan fingerprint density at radius 2 is 1.90 bits per heavy atom. The molecular weight excluding hydrogens is 451 g/mol. The third-order valence-electron chi connectivity index (χ3n) is 3.85. The fraction of sp³-hybridized carbons (Fsp3) is 0.0500. The van der Waals surface area contributed by atoms with Crippen LogP contribution in [0.5, 0.6) is 5.75 Å². The van der Waals surface area contributed by atoms with Crippen molar-refractivity contribution < 1.29 is 22.4 Å². The summed E-state index contributed by atoms with van der Waals surface area (Å²) in [7, 11) is -2.58. The van der Waals surface area contributed by atoms with Gasteiger partial charge in [-0.05, 0) is 54.6 Å². The molecular formula is C20H16Cl2N2O5S. The molecule has 0 aliphatic rings. The van der Waals surface area contributed by atoms with E-state index < -0.39 is 15.9 Å². The van der Waals surface area contributed by atoms with E-state index in [2.05, 4.69) is 10.0 Å². The molecule has 10 heteroatoms. The topological polar surface area (TPSA) is 97.6 Å². The van der Waals surface area contributed by atoms with Crippen molar-refractivity contribution in [2.45, 2.75) is 4.90 Å². The Morgan fingerprint density at radius 3 is 2.57 bits per heavy atom. The first-order chi connectivity index (χ1) is 14.3. The van der Waals surface area contributed by atoms with Gasteiger partial charge in [0.25, 0.3) is 10.0 Å². The first-order valence-electron chi connectivity index (χ1n) is 8.47. The molecule has 0 atom stereocenters. The number of benzene rings is 2. The number of furan rings is 1. The average molecular weight is 467 g/mol. The molecule has 0 spiro atoms. The smallest absolute Gasteiger partial charge is 0.262 e. The summed E-state index contributed by atoms with van der Waals surface area (Å²) in [6.45, 7) is 0. The number of halogens is 2. The molecule has 0 fully saturated rings. The van der Waals surface area contributed by atoms with Crippen LogP contribution < -0.4 is 14.8 Å². The second-order valence-corrected chi connectivity index (χ2v) is 8.43. The summed E-state index contributed by atoms with van der Waals surface area (Å²) in [6.07, 6.45) is 4.29. The molecule has 2 aromatic carbocycles. The van der Waals surface area contributed by atoms with Crippen LogP contribution in [0.4, 0.5) is 11.4 Å². The summed E-state index contributed by atoms with van der Waals surface area (Å²) < 4.78 is 38.2. The second-order valence-electron chi connectivity index (χ2n) is 5.93. The van der Waals surface area contributed by atoms with Crippen molar-refractivity contribution in [2.24, 2.45) is 0 Å². The number of amides is 1. The van der Waals surface area contributed by atoms with E-state index in [1.54, 1.807) is 18.2 Å². The van der Waals surface area contributed by atoms with Gasteiger partial charge in [-0.2, -0.15) is 0 Å². The normalized spacial score (nSPS) is 11.4. The van der Waals surface area contributed by atoms with Crippen LogP contribution in [-0.2, 0) is 14.8 Å². The van der Waals surface area contributed by atoms with E-state index in [4.69, 9.17) is 32.4 Å². The highest BCUT2D eigenvalue weighted by Gasteiger charge is 2.18. The second kappa shape index (κ2) is 9.25. The summed E-state index contributed by atoms with van der Waals surface area (Å²) in [4.78, 5) is 12.0. The van der Waals surface area contributed by atoms with E-state index in [1.165, 1.54) is 55.9 Å². The molecule has 1 heterocycles. The quantitative estimate of drug-likeness (QED) is 0.474. The van der Waals surface area contributed by atoms with Crippen LogP contribution in [0, 0.1) is 0 Å². The molecule has 0 unspecified atom stereocenters. The van der Waals surface area contributed by atoms with Gasteiger partial charge in [0.15, 0.2) is 0 Å². The Labute approximate surface area is 183 Å². The molecule has 156 valence electrons. The molecule has 7 nitrogen and oxygen atoms in total. The van der Waals surface area contributed by atoms with Gasteiger partial charge in [0, 0.05) is 11.8 Å². The van der Waals surface area contributed by atoms with Gasteiger partial charge in [-0.3, -0.25) is 9.52 Å². The number of nitrogens with one attached hydrogen (secondary N) is 2. The number of sulfonamides is 1. The third-order valence-corrected chi connectivity index (χ3v) is 5.96. The minimum atomic E-state index is -3.98. The largest absolute Gasteiger partial charge is 0.495 e. The van der Waals surface area contributed by atoms with Crippen LogP contribution in [0.15, 0.2) is 70.2 Å². The first kappa shape index (κ1) is 21.8. The fourth-order valence-electron chi connectivity index (χ4n) is 2.44. The Morgan fingerprint density at radius 1 is 1.10 bits per heavy atom. The highest BCUT2D eigenvalue weighted by molar-refractivity contribution is 7.92. The standard InChI is InChI=1S/C20H16Cl2N2O5S/c1-28-19-8-4-13(23-20(25)9-5-14-3-2-10-29-14)11-18(19)24-30(26,27)15-6-7-16(21)17(22)12-15/h2-12,24H,1H3,(H,23,25). The zero-order valence-electron chi connectivity index (χ0n) is 15.6. The molecule has 3 aromatic rings. The van der Waals surface area contributed by atoms with Crippen LogP contribution in [-0.4, -0.2) is 21.4 Å². The lowest BCUT2D eigenvalue weighted by Crippen LogP contribution is -2.14. The molecule has 1 aromatic heterocycles. The van der Waals surface area contributed by atoms with Crippen molar-refractivity contribution in [3.63, 3.8) is 0 Å². The Bertz CT molecular complexity index is 1190. The highest BCUT2D eigenvalue weighted by Crippen LogP contribution is 2.31. The minimum absolute atomic E-state index is 0.0743. The molecule has 3 rings (SSSR count). The molecule has 0 aliphatic carbocycles. The SMILES string of the molecule is COc1ccc(NC(=O)C=Cc2ccco2)cc1NS(=O)(=O)c1ccc(Cl)c(Cl)c1. The van der Waals surface area contributed by atoms with Gasteiger partial charge in [-0.25, -0.2) is 8.42 Å². The number of carbonyl (C=O) groups is 1. The number of hydrogen-bond donors (Lipinski definition) is 2. The molecule has 0 aliphatic heterocycles. The molecule has 0 bridgehead atoms. The van der Waals surface area contributed by atoms with E-state index in [1.807, 2.05) is 0 Å². The van der Waals surface area contributed by atoms with E-state index >= 15 is 0 Å². The Balaban J connectivity index is 1.82. The molecule has 1 amide bonds. The Kier molecular flexibility index (Phi) is 6.71. The zero-order chi connectivity index (χ0) is 21.7. The summed E-state index contributed by atoms with van der Waals surface area (Å²) in [5.41, 5.74) is 0.494. The van der Waals surface area contributed by atoms with Crippen LogP contribution in [0.25, 0.3) is 6.08 Å². The maximum absolute atomic E-state index is 12.7. The van der Waals surface area contributed by atoms with Crippen molar-refractivity contribution in [2.75, 3.05) is 17.1 Å². The number of anilines is 2. The number of hydrogen-bond acceptors (Lipinski definition) is 5. The van der Waals surface area contributed by atoms with Gasteiger partial charge in [0.05, 0.1) is 34.0 Å². The molecule has 30 heavy (non-hydrogen) atoms. The van der Waals surface area contributed by atoms with Crippen molar-refractivity contribution in [3.8, 4) is 5.75 Å². The van der Waals surface area contributed by atoms with Gasteiger partial charge in [-0.15, -0.1) is 0 Å². The maximum atomic E-state index is 12.7. The van der Waals surface area contributed by atoms with Gasteiger partial charge in [0.2, 0.25) is 5.91 Å². The predicted molar refractivity (Wildman–Crippen MR) is 117 cm³/mol. The highest BCUT2D eigenvalue weighted by atomic mass is 35.5. The zero-order valence-corrected chi connectivity index (χ0v) is 17.9. The van der Waals surface area contributed by atoms with Crippen molar-refractivity contribution >= 4 is 56.6 Å². The van der Waals surface area contributed by atoms with Crippen molar-refractivity contribution in [1.29, 1.82) is 0 Å². The maximum Gasteiger partial charge on any atom is 0.262 e. The fourth-order valence-corrected chi connectivity index (χ4v) is 3.89. The number of ether oxygens (including phenoxy) is 1. The van der Waals surface area contributed by atoms with Crippen LogP contribution in [0.1, 0.15) is 5.76 Å². The lowest BCUT2D eigenvalue weighted by Gasteiger charge is -2.14. The van der Waals surface area contributed by atoms with Crippen LogP contribution in [0.2, 0.25) is 10.0 Å². The van der Waals surface area contributed by atoms with Crippen molar-refractivity contribution in [3.05, 3.63) is 76.7 Å². The van der Waals surface area contributed by atoms with Crippen molar-refractivity contribution in [1.82, 2.24) is 0 Å². The lowest BCUT2D eigenvalue weighted by atomic mass is 10.2. The average Bonchev–Trinajstić information content (AvgIpc) is 3.22. The molecule has 0 radical (unpaired) electrons. The number of rotatable bonds is 7. The summed E-state index contributed by atoms with van der Waals surface area (Å²) >= 11 is 11.8. The van der Waals surface area contributed by atoms with Gasteiger partial charge >= 0.3 is 0 Å². The third kappa shape index (κ3) is 5.35. The molecule has 0 saturated heterocycles. The molecule has 2 N–H and O–H groups in total. The summed E-state index contributed by atoms with van der Waals surface area (Å²) in [6, 6.07) is 11.9. The van der Waals surface area contributed by atoms with Gasteiger partial charge in [-0.1, -0.05) is 23.2 Å². The van der Waals surface area contributed by atoms with Gasteiger partial charge in [0.1, 0.15) is 11.5 Å². The minimum Gasteiger partial charge on any atom is -0.495 e. The van der Waals surface area contributed by atoms with E-state index in [0.717, 1.165) is 0 Å². The van der Waals surface area contributed by atoms with E-state index in [9.17, 15) is 13.2 Å². The summed E-state index contributed by atoms with van der Waals surface area (Å²) in [5, 5.41) is 2.99. The predicted octanol–water partition coefficient (Wildman–Crippen LogP) is 5.05.